The molecule has 0 aliphatic carbocycles. The third-order valence-corrected chi connectivity index (χ3v) is 5.11. The molecule has 7 nitrogen and oxygen atoms in total. The molecule has 3 aromatic rings. The molecule has 32 heavy (non-hydrogen) atoms. The van der Waals surface area contributed by atoms with E-state index in [4.69, 9.17) is 16.7 Å². The maximum absolute atomic E-state index is 13.0. The highest BCUT2D eigenvalue weighted by molar-refractivity contribution is 6.30. The van der Waals surface area contributed by atoms with Crippen LogP contribution in [0, 0.1) is 13.8 Å². The van der Waals surface area contributed by atoms with Crippen LogP contribution in [0.25, 0.3) is 0 Å². The van der Waals surface area contributed by atoms with Crippen LogP contribution in [0.3, 0.4) is 0 Å². The minimum absolute atomic E-state index is 0.113. The quantitative estimate of drug-likeness (QED) is 0.471. The molecule has 0 saturated carbocycles. The van der Waals surface area contributed by atoms with Crippen molar-refractivity contribution >= 4 is 46.6 Å². The van der Waals surface area contributed by atoms with Crippen LogP contribution in [0.1, 0.15) is 21.5 Å². The van der Waals surface area contributed by atoms with Crippen molar-refractivity contribution in [3.8, 4) is 0 Å². The summed E-state index contributed by atoms with van der Waals surface area (Å²) < 4.78 is 0. The molecule has 0 radical (unpaired) electrons. The summed E-state index contributed by atoms with van der Waals surface area (Å²) in [6.45, 7) is 3.64. The molecule has 0 fully saturated rings. The van der Waals surface area contributed by atoms with Gasteiger partial charge in [0.15, 0.2) is 0 Å². The van der Waals surface area contributed by atoms with Crippen molar-refractivity contribution in [3.05, 3.63) is 88.4 Å². The summed E-state index contributed by atoms with van der Waals surface area (Å²) in [5.74, 6) is -1.49. The van der Waals surface area contributed by atoms with Crippen LogP contribution in [-0.4, -0.2) is 29.6 Å². The number of halogens is 1. The molecule has 0 atom stereocenters. The van der Waals surface area contributed by atoms with E-state index in [1.807, 2.05) is 26.0 Å². The number of carbonyl (C=O) groups is 3. The Bertz CT molecular complexity index is 1140. The Kier molecular flexibility index (Phi) is 7.12. The van der Waals surface area contributed by atoms with E-state index in [2.05, 4.69) is 10.6 Å². The van der Waals surface area contributed by atoms with Gasteiger partial charge in [0.05, 0.1) is 5.56 Å². The van der Waals surface area contributed by atoms with Gasteiger partial charge in [-0.05, 0) is 85.6 Å². The topological polar surface area (TPSA) is 98.7 Å². The molecule has 0 unspecified atom stereocenters. The zero-order chi connectivity index (χ0) is 23.3. The fourth-order valence-electron chi connectivity index (χ4n) is 2.94. The van der Waals surface area contributed by atoms with Crippen LogP contribution in [0.5, 0.6) is 0 Å². The molecule has 0 spiro atoms. The molecular formula is C24H22ClN3O4. The van der Waals surface area contributed by atoms with Crippen molar-refractivity contribution in [1.82, 2.24) is 0 Å². The second-order valence-electron chi connectivity index (χ2n) is 7.22. The zero-order valence-corrected chi connectivity index (χ0v) is 18.3. The van der Waals surface area contributed by atoms with E-state index in [0.29, 0.717) is 22.1 Å². The molecule has 8 heteroatoms. The number of hydrogen-bond acceptors (Lipinski definition) is 3. The average Bonchev–Trinajstić information content (AvgIpc) is 2.76. The number of carbonyl (C=O) groups excluding carboxylic acids is 2. The van der Waals surface area contributed by atoms with E-state index >= 15 is 0 Å². The first-order valence-corrected chi connectivity index (χ1v) is 10.2. The summed E-state index contributed by atoms with van der Waals surface area (Å²) in [6, 6.07) is 17.5. The van der Waals surface area contributed by atoms with Gasteiger partial charge < -0.3 is 15.7 Å². The molecule has 3 rings (SSSR count). The van der Waals surface area contributed by atoms with Crippen molar-refractivity contribution < 1.29 is 19.5 Å². The highest BCUT2D eigenvalue weighted by Crippen LogP contribution is 2.21. The maximum Gasteiger partial charge on any atom is 0.335 e. The van der Waals surface area contributed by atoms with Gasteiger partial charge in [0.2, 0.25) is 5.91 Å². The van der Waals surface area contributed by atoms with Gasteiger partial charge in [-0.1, -0.05) is 17.7 Å². The van der Waals surface area contributed by atoms with Gasteiger partial charge in [0, 0.05) is 22.1 Å². The molecule has 0 bridgehead atoms. The molecule has 0 aromatic heterocycles. The van der Waals surface area contributed by atoms with Crippen molar-refractivity contribution in [2.24, 2.45) is 0 Å². The minimum Gasteiger partial charge on any atom is -0.478 e. The first-order chi connectivity index (χ1) is 15.2. The molecule has 3 amide bonds. The van der Waals surface area contributed by atoms with Crippen molar-refractivity contribution in [2.75, 3.05) is 22.1 Å². The van der Waals surface area contributed by atoms with Gasteiger partial charge >= 0.3 is 12.0 Å². The lowest BCUT2D eigenvalue weighted by Crippen LogP contribution is -2.40. The Hall–Kier alpha value is -3.84. The largest absolute Gasteiger partial charge is 0.478 e. The lowest BCUT2D eigenvalue weighted by atomic mass is 10.1. The van der Waals surface area contributed by atoms with Gasteiger partial charge in [-0.3, -0.25) is 9.69 Å². The standard InChI is InChI=1S/C24H22ClN3O4/c1-15-3-12-21(13-16(15)2)28(24(32)27-20-10-6-18(25)7-11-20)14-22(29)26-19-8-4-17(5-9-19)23(30)31/h3-13H,14H2,1-2H3,(H,26,29)(H,27,32)(H,30,31). The van der Waals surface area contributed by atoms with Gasteiger partial charge in [0.1, 0.15) is 6.54 Å². The number of nitrogens with zero attached hydrogens (tertiary/aromatic N) is 1. The van der Waals surface area contributed by atoms with Crippen LogP contribution >= 0.6 is 11.6 Å². The summed E-state index contributed by atoms with van der Waals surface area (Å²) in [5, 5.41) is 15.0. The monoisotopic (exact) mass is 451 g/mol. The Morgan fingerprint density at radius 3 is 2.03 bits per heavy atom. The number of benzene rings is 3. The van der Waals surface area contributed by atoms with Crippen LogP contribution in [0.4, 0.5) is 21.9 Å². The van der Waals surface area contributed by atoms with Crippen molar-refractivity contribution in [1.29, 1.82) is 0 Å². The number of aromatic carboxylic acids is 1. The fraction of sp³-hybridized carbons (Fsp3) is 0.125. The average molecular weight is 452 g/mol. The summed E-state index contributed by atoms with van der Waals surface area (Å²) in [7, 11) is 0. The van der Waals surface area contributed by atoms with Gasteiger partial charge in [-0.25, -0.2) is 9.59 Å². The number of carboxylic acid groups (broad SMARTS) is 1. The van der Waals surface area contributed by atoms with Crippen LogP contribution in [0.15, 0.2) is 66.7 Å². The molecule has 0 aliphatic heterocycles. The number of urea groups is 1. The summed E-state index contributed by atoms with van der Waals surface area (Å²) in [4.78, 5) is 38.1. The molecule has 0 saturated heterocycles. The first-order valence-electron chi connectivity index (χ1n) is 9.77. The molecule has 164 valence electrons. The lowest BCUT2D eigenvalue weighted by molar-refractivity contribution is -0.114. The first kappa shape index (κ1) is 22.8. The fourth-order valence-corrected chi connectivity index (χ4v) is 3.06. The molecule has 0 aliphatic rings. The Labute approximate surface area is 190 Å². The number of amides is 3. The summed E-state index contributed by atoms with van der Waals surface area (Å²) >= 11 is 5.90. The number of nitrogens with one attached hydrogen (secondary N) is 2. The van der Waals surface area contributed by atoms with Crippen molar-refractivity contribution in [3.63, 3.8) is 0 Å². The summed E-state index contributed by atoms with van der Waals surface area (Å²) in [6.07, 6.45) is 0. The number of aryl methyl sites for hydroxylation is 2. The number of anilines is 3. The molecule has 3 N–H and O–H groups in total. The SMILES string of the molecule is Cc1ccc(N(CC(=O)Nc2ccc(C(=O)O)cc2)C(=O)Nc2ccc(Cl)cc2)cc1C. The Morgan fingerprint density at radius 2 is 1.44 bits per heavy atom. The van der Waals surface area contributed by atoms with Crippen LogP contribution in [0.2, 0.25) is 5.02 Å². The predicted molar refractivity (Wildman–Crippen MR) is 126 cm³/mol. The van der Waals surface area contributed by atoms with E-state index in [-0.39, 0.29) is 12.1 Å². The van der Waals surface area contributed by atoms with Crippen molar-refractivity contribution in [2.45, 2.75) is 13.8 Å². The molecule has 3 aromatic carbocycles. The number of carboxylic acids is 1. The second-order valence-corrected chi connectivity index (χ2v) is 7.66. The molecular weight excluding hydrogens is 430 g/mol. The second kappa shape index (κ2) is 9.98. The molecule has 0 heterocycles. The lowest BCUT2D eigenvalue weighted by Gasteiger charge is -2.23. The van der Waals surface area contributed by atoms with Gasteiger partial charge in [0.25, 0.3) is 0 Å². The number of hydrogen-bond donors (Lipinski definition) is 3. The van der Waals surface area contributed by atoms with E-state index in [1.165, 1.54) is 29.2 Å². The minimum atomic E-state index is -1.05. The Morgan fingerprint density at radius 1 is 0.844 bits per heavy atom. The summed E-state index contributed by atoms with van der Waals surface area (Å²) in [5.41, 5.74) is 3.69. The third kappa shape index (κ3) is 5.86. The smallest absolute Gasteiger partial charge is 0.335 e. The van der Waals surface area contributed by atoms with E-state index in [1.54, 1.807) is 30.3 Å². The predicted octanol–water partition coefficient (Wildman–Crippen LogP) is 5.33. The van der Waals surface area contributed by atoms with Gasteiger partial charge in [-0.15, -0.1) is 0 Å². The zero-order valence-electron chi connectivity index (χ0n) is 17.6. The maximum atomic E-state index is 13.0. The third-order valence-electron chi connectivity index (χ3n) is 4.86. The normalized spacial score (nSPS) is 10.3. The van der Waals surface area contributed by atoms with E-state index in [0.717, 1.165) is 11.1 Å². The van der Waals surface area contributed by atoms with E-state index in [9.17, 15) is 14.4 Å². The Balaban J connectivity index is 1.80. The number of rotatable bonds is 6. The highest BCUT2D eigenvalue weighted by Gasteiger charge is 2.20. The van der Waals surface area contributed by atoms with Gasteiger partial charge in [-0.2, -0.15) is 0 Å². The van der Waals surface area contributed by atoms with Crippen LogP contribution in [-0.2, 0) is 4.79 Å². The van der Waals surface area contributed by atoms with E-state index < -0.39 is 17.9 Å². The van der Waals surface area contributed by atoms with Crippen LogP contribution < -0.4 is 15.5 Å². The highest BCUT2D eigenvalue weighted by atomic mass is 35.5.